The number of rotatable bonds is 4. The summed E-state index contributed by atoms with van der Waals surface area (Å²) in [4.78, 5) is 18.1. The van der Waals surface area contributed by atoms with Crippen LogP contribution < -0.4 is 10.3 Å². The Kier molecular flexibility index (Phi) is 3.55. The predicted octanol–water partition coefficient (Wildman–Crippen LogP) is 1.56. The lowest BCUT2D eigenvalue weighted by molar-refractivity contribution is 0.414. The quantitative estimate of drug-likeness (QED) is 0.867. The fourth-order valence-corrected chi connectivity index (χ4v) is 1.62. The van der Waals surface area contributed by atoms with Crippen molar-refractivity contribution >= 4 is 0 Å². The minimum absolute atomic E-state index is 0.110. The Balaban J connectivity index is 2.02. The van der Waals surface area contributed by atoms with Gasteiger partial charge in [0.05, 0.1) is 7.11 Å². The summed E-state index contributed by atoms with van der Waals surface area (Å²) in [6, 6.07) is 7.82. The molecule has 2 aromatic rings. The second-order valence-electron chi connectivity index (χ2n) is 3.71. The Hall–Kier alpha value is -2.10. The minimum Gasteiger partial charge on any atom is -0.497 e. The van der Waals surface area contributed by atoms with Crippen molar-refractivity contribution < 1.29 is 4.74 Å². The van der Waals surface area contributed by atoms with Crippen LogP contribution in [-0.2, 0) is 12.8 Å². The number of hydrogen-bond acceptors (Lipinski definition) is 3. The van der Waals surface area contributed by atoms with Gasteiger partial charge in [-0.1, -0.05) is 12.1 Å². The van der Waals surface area contributed by atoms with E-state index in [1.807, 2.05) is 24.3 Å². The molecule has 88 valence electrons. The fourth-order valence-electron chi connectivity index (χ4n) is 1.62. The molecule has 1 aromatic heterocycles. The number of aromatic amines is 1. The second kappa shape index (κ2) is 5.30. The summed E-state index contributed by atoms with van der Waals surface area (Å²) < 4.78 is 5.08. The lowest BCUT2D eigenvalue weighted by atomic mass is 10.1. The van der Waals surface area contributed by atoms with E-state index in [0.717, 1.165) is 17.7 Å². The lowest BCUT2D eigenvalue weighted by Gasteiger charge is -2.02. The molecule has 0 fully saturated rings. The van der Waals surface area contributed by atoms with Crippen LogP contribution in [0, 0.1) is 0 Å². The number of nitrogens with one attached hydrogen (secondary N) is 1. The molecule has 2 rings (SSSR count). The first kappa shape index (κ1) is 11.4. The van der Waals surface area contributed by atoms with E-state index in [1.54, 1.807) is 19.5 Å². The van der Waals surface area contributed by atoms with E-state index in [2.05, 4.69) is 9.97 Å². The predicted molar refractivity (Wildman–Crippen MR) is 65.3 cm³/mol. The maximum absolute atomic E-state index is 11.4. The number of H-pyrrole nitrogens is 1. The van der Waals surface area contributed by atoms with Crippen molar-refractivity contribution in [3.8, 4) is 5.75 Å². The van der Waals surface area contributed by atoms with E-state index in [4.69, 9.17) is 4.74 Å². The minimum atomic E-state index is -0.110. The van der Waals surface area contributed by atoms with Crippen LogP contribution in [0.15, 0.2) is 41.5 Å². The van der Waals surface area contributed by atoms with E-state index in [1.165, 1.54) is 0 Å². The summed E-state index contributed by atoms with van der Waals surface area (Å²) in [5.41, 5.74) is 1.63. The molecule has 0 aliphatic rings. The van der Waals surface area contributed by atoms with Crippen molar-refractivity contribution in [2.75, 3.05) is 7.11 Å². The third-order valence-corrected chi connectivity index (χ3v) is 2.59. The summed E-state index contributed by atoms with van der Waals surface area (Å²) in [6.07, 6.45) is 4.58. The number of methoxy groups -OCH3 is 1. The molecule has 0 atom stereocenters. The SMILES string of the molecule is COc1ccc(CCc2ncc[nH]c2=O)cc1. The molecule has 0 aliphatic carbocycles. The van der Waals surface area contributed by atoms with Crippen LogP contribution in [0.2, 0.25) is 0 Å². The average Bonchev–Trinajstić information content (AvgIpc) is 2.38. The molecule has 0 bridgehead atoms. The maximum atomic E-state index is 11.4. The molecule has 1 heterocycles. The van der Waals surface area contributed by atoms with Gasteiger partial charge in [-0.15, -0.1) is 0 Å². The second-order valence-corrected chi connectivity index (χ2v) is 3.71. The fraction of sp³-hybridized carbons (Fsp3) is 0.231. The van der Waals surface area contributed by atoms with Crippen LogP contribution in [-0.4, -0.2) is 17.1 Å². The van der Waals surface area contributed by atoms with Gasteiger partial charge in [0.1, 0.15) is 11.4 Å². The Morgan fingerprint density at radius 3 is 2.65 bits per heavy atom. The largest absolute Gasteiger partial charge is 0.497 e. The van der Waals surface area contributed by atoms with E-state index >= 15 is 0 Å². The third kappa shape index (κ3) is 2.93. The monoisotopic (exact) mass is 230 g/mol. The molecular weight excluding hydrogens is 216 g/mol. The number of benzene rings is 1. The van der Waals surface area contributed by atoms with E-state index < -0.39 is 0 Å². The summed E-state index contributed by atoms with van der Waals surface area (Å²) in [7, 11) is 1.64. The zero-order valence-electron chi connectivity index (χ0n) is 9.64. The van der Waals surface area contributed by atoms with Crippen molar-refractivity contribution in [3.63, 3.8) is 0 Å². The smallest absolute Gasteiger partial charge is 0.269 e. The molecule has 0 spiro atoms. The van der Waals surface area contributed by atoms with Gasteiger partial charge >= 0.3 is 0 Å². The van der Waals surface area contributed by atoms with Crippen LogP contribution in [0.5, 0.6) is 5.75 Å². The van der Waals surface area contributed by atoms with Crippen molar-refractivity contribution in [2.24, 2.45) is 0 Å². The van der Waals surface area contributed by atoms with Gasteiger partial charge in [0.25, 0.3) is 5.56 Å². The number of hydrogen-bond donors (Lipinski definition) is 1. The zero-order chi connectivity index (χ0) is 12.1. The van der Waals surface area contributed by atoms with Crippen molar-refractivity contribution in [1.29, 1.82) is 0 Å². The standard InChI is InChI=1S/C13H14N2O2/c1-17-11-5-2-10(3-6-11)4-7-12-13(16)15-9-8-14-12/h2-3,5-6,8-9H,4,7H2,1H3,(H,15,16). The molecule has 4 nitrogen and oxygen atoms in total. The van der Waals surface area contributed by atoms with Gasteiger partial charge in [0.2, 0.25) is 0 Å². The highest BCUT2D eigenvalue weighted by atomic mass is 16.5. The Bertz CT molecular complexity index is 532. The Morgan fingerprint density at radius 1 is 1.24 bits per heavy atom. The van der Waals surface area contributed by atoms with E-state index in [0.29, 0.717) is 12.1 Å². The van der Waals surface area contributed by atoms with Crippen molar-refractivity contribution in [2.45, 2.75) is 12.8 Å². The highest BCUT2D eigenvalue weighted by Crippen LogP contribution is 2.12. The van der Waals surface area contributed by atoms with Crippen LogP contribution in [0.1, 0.15) is 11.3 Å². The maximum Gasteiger partial charge on any atom is 0.269 e. The molecule has 17 heavy (non-hydrogen) atoms. The Morgan fingerprint density at radius 2 is 2.00 bits per heavy atom. The van der Waals surface area contributed by atoms with Gasteiger partial charge in [-0.2, -0.15) is 0 Å². The molecular formula is C13H14N2O2. The van der Waals surface area contributed by atoms with Crippen LogP contribution in [0.4, 0.5) is 0 Å². The van der Waals surface area contributed by atoms with Gasteiger partial charge in [-0.25, -0.2) is 0 Å². The van der Waals surface area contributed by atoms with Gasteiger partial charge in [-0.3, -0.25) is 9.78 Å². The van der Waals surface area contributed by atoms with Crippen LogP contribution >= 0.6 is 0 Å². The first-order chi connectivity index (χ1) is 8.29. The van der Waals surface area contributed by atoms with Gasteiger partial charge in [0, 0.05) is 12.4 Å². The third-order valence-electron chi connectivity index (χ3n) is 2.59. The molecule has 1 N–H and O–H groups in total. The highest BCUT2D eigenvalue weighted by molar-refractivity contribution is 5.27. The Labute approximate surface area is 99.3 Å². The van der Waals surface area contributed by atoms with Crippen molar-refractivity contribution in [1.82, 2.24) is 9.97 Å². The summed E-state index contributed by atoms with van der Waals surface area (Å²) >= 11 is 0. The average molecular weight is 230 g/mol. The van der Waals surface area contributed by atoms with Crippen LogP contribution in [0.25, 0.3) is 0 Å². The number of ether oxygens (including phenoxy) is 1. The lowest BCUT2D eigenvalue weighted by Crippen LogP contribution is -2.14. The first-order valence-corrected chi connectivity index (χ1v) is 5.45. The molecule has 4 heteroatoms. The molecule has 1 aromatic carbocycles. The molecule has 0 saturated heterocycles. The topological polar surface area (TPSA) is 55.0 Å². The van der Waals surface area contributed by atoms with Crippen LogP contribution in [0.3, 0.4) is 0 Å². The van der Waals surface area contributed by atoms with Crippen molar-refractivity contribution in [3.05, 3.63) is 58.3 Å². The molecule has 0 saturated carbocycles. The first-order valence-electron chi connectivity index (χ1n) is 5.45. The number of aryl methyl sites for hydroxylation is 2. The summed E-state index contributed by atoms with van der Waals surface area (Å²) in [6.45, 7) is 0. The zero-order valence-corrected chi connectivity index (χ0v) is 9.64. The van der Waals surface area contributed by atoms with Gasteiger partial charge < -0.3 is 9.72 Å². The summed E-state index contributed by atoms with van der Waals surface area (Å²) in [5.74, 6) is 0.837. The van der Waals surface area contributed by atoms with Gasteiger partial charge in [-0.05, 0) is 30.5 Å². The number of nitrogens with zero attached hydrogens (tertiary/aromatic N) is 1. The molecule has 0 unspecified atom stereocenters. The normalized spacial score (nSPS) is 10.2. The molecule has 0 aliphatic heterocycles. The van der Waals surface area contributed by atoms with Gasteiger partial charge in [0.15, 0.2) is 0 Å². The van der Waals surface area contributed by atoms with E-state index in [9.17, 15) is 4.79 Å². The van der Waals surface area contributed by atoms with E-state index in [-0.39, 0.29) is 5.56 Å². The molecule has 0 amide bonds. The number of aromatic nitrogens is 2. The summed E-state index contributed by atoms with van der Waals surface area (Å²) in [5, 5.41) is 0. The highest BCUT2D eigenvalue weighted by Gasteiger charge is 2.01. The molecule has 0 radical (unpaired) electrons.